The number of nitrogens with zero attached hydrogens (tertiary/aromatic N) is 1. The van der Waals surface area contributed by atoms with Gasteiger partial charge in [-0.3, -0.25) is 9.78 Å². The summed E-state index contributed by atoms with van der Waals surface area (Å²) in [5.74, 6) is -1.62. The molecule has 1 aromatic rings. The van der Waals surface area contributed by atoms with Crippen LogP contribution in [0.5, 0.6) is 0 Å². The van der Waals surface area contributed by atoms with Gasteiger partial charge in [-0.15, -0.1) is 0 Å². The fraction of sp³-hybridized carbons (Fsp3) is 0.417. The largest absolute Gasteiger partial charge is 0.479 e. The van der Waals surface area contributed by atoms with Crippen LogP contribution in [0.15, 0.2) is 12.1 Å². The number of aromatic nitrogens is 1. The van der Waals surface area contributed by atoms with E-state index >= 15 is 0 Å². The number of nitrogens with one attached hydrogen (secondary N) is 1. The minimum Gasteiger partial charge on any atom is -0.479 e. The molecule has 0 aliphatic carbocycles. The predicted octanol–water partition coefficient (Wildman–Crippen LogP) is 0.264. The molecule has 1 rings (SSSR count). The van der Waals surface area contributed by atoms with Crippen molar-refractivity contribution in [2.24, 2.45) is 0 Å². The standard InChI is InChI=1S/C12H16N2O4/c1-7-3-4-9(8(2)14-7)11(16)13-6-5-10(15)12(17)18/h3-4,10,15H,5-6H2,1-2H3,(H,13,16)(H,17,18). The van der Waals surface area contributed by atoms with Gasteiger partial charge in [0.2, 0.25) is 0 Å². The molecule has 0 saturated heterocycles. The number of amides is 1. The first-order chi connectivity index (χ1) is 8.41. The third kappa shape index (κ3) is 3.81. The van der Waals surface area contributed by atoms with E-state index in [-0.39, 0.29) is 18.9 Å². The van der Waals surface area contributed by atoms with E-state index in [1.54, 1.807) is 19.1 Å². The summed E-state index contributed by atoms with van der Waals surface area (Å²) in [5.41, 5.74) is 1.89. The molecular formula is C12H16N2O4. The van der Waals surface area contributed by atoms with Crippen molar-refractivity contribution in [1.82, 2.24) is 10.3 Å². The number of aliphatic hydroxyl groups is 1. The lowest BCUT2D eigenvalue weighted by Crippen LogP contribution is -2.30. The van der Waals surface area contributed by atoms with Crippen LogP contribution >= 0.6 is 0 Å². The van der Waals surface area contributed by atoms with Crippen LogP contribution in [0.1, 0.15) is 28.2 Å². The van der Waals surface area contributed by atoms with Gasteiger partial charge in [0.15, 0.2) is 6.10 Å². The van der Waals surface area contributed by atoms with Gasteiger partial charge in [-0.05, 0) is 26.0 Å². The number of pyridine rings is 1. The first-order valence-corrected chi connectivity index (χ1v) is 5.55. The van der Waals surface area contributed by atoms with Crippen molar-refractivity contribution in [2.75, 3.05) is 6.54 Å². The highest BCUT2D eigenvalue weighted by molar-refractivity contribution is 5.95. The summed E-state index contributed by atoms with van der Waals surface area (Å²) in [6.45, 7) is 3.66. The molecule has 0 bridgehead atoms. The summed E-state index contributed by atoms with van der Waals surface area (Å²) in [7, 11) is 0. The van der Waals surface area contributed by atoms with E-state index in [1.165, 1.54) is 0 Å². The van der Waals surface area contributed by atoms with Crippen LogP contribution in [-0.4, -0.2) is 39.7 Å². The van der Waals surface area contributed by atoms with Crippen molar-refractivity contribution in [3.05, 3.63) is 29.1 Å². The van der Waals surface area contributed by atoms with E-state index in [9.17, 15) is 9.59 Å². The number of carbonyl (C=O) groups is 2. The predicted molar refractivity (Wildman–Crippen MR) is 64.3 cm³/mol. The van der Waals surface area contributed by atoms with Gasteiger partial charge in [0, 0.05) is 18.7 Å². The zero-order valence-corrected chi connectivity index (χ0v) is 10.3. The zero-order chi connectivity index (χ0) is 13.7. The quantitative estimate of drug-likeness (QED) is 0.698. The van der Waals surface area contributed by atoms with Crippen LogP contribution < -0.4 is 5.32 Å². The van der Waals surface area contributed by atoms with Crippen LogP contribution in [0.2, 0.25) is 0 Å². The monoisotopic (exact) mass is 252 g/mol. The molecule has 0 aliphatic heterocycles. The molecular weight excluding hydrogens is 236 g/mol. The van der Waals surface area contributed by atoms with Gasteiger partial charge in [0.1, 0.15) is 0 Å². The summed E-state index contributed by atoms with van der Waals surface area (Å²) in [6.07, 6.45) is -1.48. The Kier molecular flexibility index (Phi) is 4.79. The molecule has 1 heterocycles. The Bertz CT molecular complexity index is 459. The fourth-order valence-electron chi connectivity index (χ4n) is 1.47. The number of hydrogen-bond acceptors (Lipinski definition) is 4. The summed E-state index contributed by atoms with van der Waals surface area (Å²) in [6, 6.07) is 3.40. The van der Waals surface area contributed by atoms with Gasteiger partial charge in [0.25, 0.3) is 5.91 Å². The van der Waals surface area contributed by atoms with Gasteiger partial charge in [0.05, 0.1) is 11.3 Å². The van der Waals surface area contributed by atoms with E-state index in [2.05, 4.69) is 10.3 Å². The molecule has 18 heavy (non-hydrogen) atoms. The normalized spacial score (nSPS) is 11.9. The molecule has 0 saturated carbocycles. The van der Waals surface area contributed by atoms with Gasteiger partial charge < -0.3 is 15.5 Å². The molecule has 1 atom stereocenters. The maximum Gasteiger partial charge on any atom is 0.332 e. The highest BCUT2D eigenvalue weighted by Gasteiger charge is 2.14. The molecule has 0 aromatic carbocycles. The van der Waals surface area contributed by atoms with Crippen molar-refractivity contribution in [3.63, 3.8) is 0 Å². The van der Waals surface area contributed by atoms with Crippen molar-refractivity contribution in [3.8, 4) is 0 Å². The van der Waals surface area contributed by atoms with Crippen molar-refractivity contribution < 1.29 is 19.8 Å². The fourth-order valence-corrected chi connectivity index (χ4v) is 1.47. The average Bonchev–Trinajstić information content (AvgIpc) is 2.28. The summed E-state index contributed by atoms with van der Waals surface area (Å²) in [5, 5.41) is 20.0. The second-order valence-corrected chi connectivity index (χ2v) is 3.98. The van der Waals surface area contributed by atoms with Crippen LogP contribution in [0.4, 0.5) is 0 Å². The first-order valence-electron chi connectivity index (χ1n) is 5.55. The third-order valence-corrected chi connectivity index (χ3v) is 2.46. The highest BCUT2D eigenvalue weighted by Crippen LogP contribution is 2.06. The van der Waals surface area contributed by atoms with Gasteiger partial charge in [-0.25, -0.2) is 4.79 Å². The first kappa shape index (κ1) is 14.1. The molecule has 6 nitrogen and oxygen atoms in total. The van der Waals surface area contributed by atoms with Gasteiger partial charge in [-0.1, -0.05) is 0 Å². The maximum absolute atomic E-state index is 11.7. The number of rotatable bonds is 5. The van der Waals surface area contributed by atoms with Crippen molar-refractivity contribution >= 4 is 11.9 Å². The average molecular weight is 252 g/mol. The topological polar surface area (TPSA) is 99.5 Å². The molecule has 0 spiro atoms. The molecule has 1 aromatic heterocycles. The molecule has 0 aliphatic rings. The highest BCUT2D eigenvalue weighted by atomic mass is 16.4. The summed E-state index contributed by atoms with van der Waals surface area (Å²) >= 11 is 0. The molecule has 98 valence electrons. The molecule has 0 fully saturated rings. The Balaban J connectivity index is 2.53. The number of carboxylic acids is 1. The molecule has 1 unspecified atom stereocenters. The molecule has 3 N–H and O–H groups in total. The summed E-state index contributed by atoms with van der Waals surface area (Å²) < 4.78 is 0. The lowest BCUT2D eigenvalue weighted by Gasteiger charge is -2.09. The van der Waals surface area contributed by atoms with Crippen LogP contribution in [-0.2, 0) is 4.79 Å². The smallest absolute Gasteiger partial charge is 0.332 e. The second-order valence-electron chi connectivity index (χ2n) is 3.98. The SMILES string of the molecule is Cc1ccc(C(=O)NCCC(O)C(=O)O)c(C)n1. The summed E-state index contributed by atoms with van der Waals surface area (Å²) in [4.78, 5) is 26.3. The van der Waals surface area contributed by atoms with E-state index in [1.807, 2.05) is 6.92 Å². The third-order valence-electron chi connectivity index (χ3n) is 2.46. The number of hydrogen-bond donors (Lipinski definition) is 3. The Morgan fingerprint density at radius 2 is 2.06 bits per heavy atom. The number of carboxylic acid groups (broad SMARTS) is 1. The van der Waals surface area contributed by atoms with Crippen LogP contribution in [0, 0.1) is 13.8 Å². The Morgan fingerprint density at radius 3 is 2.61 bits per heavy atom. The van der Waals surface area contributed by atoms with Crippen molar-refractivity contribution in [1.29, 1.82) is 0 Å². The lowest BCUT2D eigenvalue weighted by molar-refractivity contribution is -0.146. The number of carbonyl (C=O) groups excluding carboxylic acids is 1. The lowest BCUT2D eigenvalue weighted by atomic mass is 10.1. The second kappa shape index (κ2) is 6.11. The van der Waals surface area contributed by atoms with Gasteiger partial charge in [-0.2, -0.15) is 0 Å². The molecule has 1 amide bonds. The van der Waals surface area contributed by atoms with Gasteiger partial charge >= 0.3 is 5.97 Å². The van der Waals surface area contributed by atoms with E-state index in [0.717, 1.165) is 5.69 Å². The molecule has 0 radical (unpaired) electrons. The van der Waals surface area contributed by atoms with E-state index < -0.39 is 12.1 Å². The maximum atomic E-state index is 11.7. The van der Waals surface area contributed by atoms with E-state index in [4.69, 9.17) is 10.2 Å². The van der Waals surface area contributed by atoms with E-state index in [0.29, 0.717) is 11.3 Å². The minimum atomic E-state index is -1.46. The number of aliphatic hydroxyl groups excluding tert-OH is 1. The zero-order valence-electron chi connectivity index (χ0n) is 10.3. The van der Waals surface area contributed by atoms with Crippen LogP contribution in [0.25, 0.3) is 0 Å². The number of aliphatic carboxylic acids is 1. The number of aryl methyl sites for hydroxylation is 2. The Hall–Kier alpha value is -1.95. The Labute approximate surface area is 105 Å². The molecule has 6 heteroatoms. The van der Waals surface area contributed by atoms with Crippen LogP contribution in [0.3, 0.4) is 0 Å². The van der Waals surface area contributed by atoms with Crippen molar-refractivity contribution in [2.45, 2.75) is 26.4 Å². The minimum absolute atomic E-state index is 0.0284. The Morgan fingerprint density at radius 1 is 1.39 bits per heavy atom.